The van der Waals surface area contributed by atoms with E-state index < -0.39 is 52.5 Å². The topological polar surface area (TPSA) is 152 Å². The molecule has 0 saturated carbocycles. The molecule has 28 heavy (non-hydrogen) atoms. The van der Waals surface area contributed by atoms with Gasteiger partial charge in [-0.25, -0.2) is 4.79 Å². The maximum Gasteiger partial charge on any atom is 0.352 e. The van der Waals surface area contributed by atoms with Gasteiger partial charge in [0.15, 0.2) is 0 Å². The molecule has 2 aliphatic rings. The van der Waals surface area contributed by atoms with Crippen molar-refractivity contribution in [1.82, 2.24) is 10.2 Å². The number of halogens is 1. The first-order valence-electron chi connectivity index (χ1n) is 7.77. The number of carbonyl (C=O) groups excluding carboxylic acids is 4. The summed E-state index contributed by atoms with van der Waals surface area (Å²) in [5.74, 6) is -4.71. The average molecular weight is 434 g/mol. The summed E-state index contributed by atoms with van der Waals surface area (Å²) in [4.78, 5) is 64.4. The lowest BCUT2D eigenvalue weighted by Crippen LogP contribution is -2.71. The Morgan fingerprint density at radius 3 is 2.61 bits per heavy atom. The van der Waals surface area contributed by atoms with E-state index >= 15 is 0 Å². The highest BCUT2D eigenvalue weighted by molar-refractivity contribution is 8.00. The summed E-state index contributed by atoms with van der Waals surface area (Å²) in [6.07, 6.45) is 0. The third-order valence-corrected chi connectivity index (χ3v) is 5.35. The number of aliphatic carboxylic acids is 1. The minimum Gasteiger partial charge on any atom is -0.477 e. The molecule has 0 spiro atoms. The summed E-state index contributed by atoms with van der Waals surface area (Å²) in [5.41, 5.74) is -0.627. The molecule has 13 heteroatoms. The summed E-state index contributed by atoms with van der Waals surface area (Å²) in [6, 6.07) is -1.06. The Bertz CT molecular complexity index is 796. The van der Waals surface area contributed by atoms with Crippen molar-refractivity contribution in [1.29, 1.82) is 0 Å². The Morgan fingerprint density at radius 1 is 1.39 bits per heavy atom. The van der Waals surface area contributed by atoms with Crippen molar-refractivity contribution >= 4 is 58.6 Å². The number of nitrogens with zero attached hydrogens (tertiary/aromatic N) is 2. The molecule has 2 N–H and O–H groups in total. The van der Waals surface area contributed by atoms with Crippen LogP contribution in [0.5, 0.6) is 0 Å². The lowest BCUT2D eigenvalue weighted by atomic mass is 10.0. The number of ether oxygens (including phenoxy) is 1. The van der Waals surface area contributed by atoms with Gasteiger partial charge in [0, 0.05) is 18.2 Å². The van der Waals surface area contributed by atoms with Gasteiger partial charge in [0.2, 0.25) is 11.5 Å². The molecule has 2 rings (SSSR count). The number of oxime groups is 1. The van der Waals surface area contributed by atoms with Crippen molar-refractivity contribution < 1.29 is 38.7 Å². The Labute approximate surface area is 168 Å². The van der Waals surface area contributed by atoms with Crippen LogP contribution in [0.4, 0.5) is 0 Å². The third kappa shape index (κ3) is 4.28. The number of rotatable bonds is 8. The van der Waals surface area contributed by atoms with Crippen LogP contribution in [0.3, 0.4) is 0 Å². The quantitative estimate of drug-likeness (QED) is 0.124. The Balaban J connectivity index is 2.18. The fourth-order valence-electron chi connectivity index (χ4n) is 2.57. The van der Waals surface area contributed by atoms with Gasteiger partial charge in [-0.2, -0.15) is 0 Å². The van der Waals surface area contributed by atoms with E-state index in [1.165, 1.54) is 18.7 Å². The molecule has 1 fully saturated rings. The Kier molecular flexibility index (Phi) is 7.02. The summed E-state index contributed by atoms with van der Waals surface area (Å²) < 4.78 is 4.83. The molecule has 0 aromatic rings. The zero-order chi connectivity index (χ0) is 21.0. The number of hydrogen-bond acceptors (Lipinski definition) is 9. The Hall–Kier alpha value is -2.60. The van der Waals surface area contributed by atoms with Gasteiger partial charge in [-0.1, -0.05) is 5.16 Å². The van der Waals surface area contributed by atoms with Crippen LogP contribution in [0.1, 0.15) is 6.92 Å². The van der Waals surface area contributed by atoms with Crippen LogP contribution >= 0.6 is 23.4 Å². The number of Topliss-reactive ketones (excluding diaryl/α,β-unsaturated/α-hetero) is 1. The van der Waals surface area contributed by atoms with E-state index in [1.54, 1.807) is 0 Å². The molecule has 0 bridgehead atoms. The first-order valence-corrected chi connectivity index (χ1v) is 9.35. The number of carbonyl (C=O) groups is 5. The van der Waals surface area contributed by atoms with Crippen molar-refractivity contribution in [2.75, 3.05) is 25.3 Å². The van der Waals surface area contributed by atoms with Gasteiger partial charge >= 0.3 is 11.9 Å². The molecule has 2 aliphatic heterocycles. The Morgan fingerprint density at radius 2 is 2.07 bits per heavy atom. The first-order chi connectivity index (χ1) is 13.2. The molecule has 11 nitrogen and oxygen atoms in total. The standard InChI is InChI=1S/C15H16ClN3O8S/c1-6(20)27-4-7-5-28-14-10(13(23)19(14)11(7)15(24)25)17-12(22)9(18-26-2)8(21)3-16/h10,14H,3-5H2,1-2H3,(H,17,22)(H,24,25)/t10?,14-/m0/s1. The number of fused-ring (bicyclic) bond motifs is 1. The molecule has 0 aromatic carbocycles. The van der Waals surface area contributed by atoms with Crippen molar-refractivity contribution in [2.45, 2.75) is 18.3 Å². The monoisotopic (exact) mass is 433 g/mol. The van der Waals surface area contributed by atoms with Gasteiger partial charge in [0.25, 0.3) is 11.8 Å². The van der Waals surface area contributed by atoms with Crippen LogP contribution in [-0.2, 0) is 33.5 Å². The largest absolute Gasteiger partial charge is 0.477 e. The average Bonchev–Trinajstić information content (AvgIpc) is 2.66. The van der Waals surface area contributed by atoms with Gasteiger partial charge in [0.1, 0.15) is 30.8 Å². The number of ketones is 1. The highest BCUT2D eigenvalue weighted by Crippen LogP contribution is 2.40. The first kappa shape index (κ1) is 21.7. The number of hydrogen-bond donors (Lipinski definition) is 2. The highest BCUT2D eigenvalue weighted by atomic mass is 35.5. The van der Waals surface area contributed by atoms with Crippen LogP contribution in [-0.4, -0.2) is 82.0 Å². The predicted molar refractivity (Wildman–Crippen MR) is 96.5 cm³/mol. The van der Waals surface area contributed by atoms with Crippen molar-refractivity contribution in [3.8, 4) is 0 Å². The van der Waals surface area contributed by atoms with E-state index in [0.717, 1.165) is 12.0 Å². The van der Waals surface area contributed by atoms with E-state index in [0.29, 0.717) is 0 Å². The number of alkyl halides is 1. The zero-order valence-electron chi connectivity index (χ0n) is 14.8. The van der Waals surface area contributed by atoms with Crippen molar-refractivity contribution in [3.05, 3.63) is 11.3 Å². The molecule has 0 aromatic heterocycles. The van der Waals surface area contributed by atoms with Crippen molar-refractivity contribution in [2.24, 2.45) is 5.16 Å². The molecule has 2 amide bonds. The second-order valence-electron chi connectivity index (χ2n) is 5.58. The summed E-state index contributed by atoms with van der Waals surface area (Å²) >= 11 is 6.60. The zero-order valence-corrected chi connectivity index (χ0v) is 16.3. The molecule has 0 radical (unpaired) electrons. The molecule has 1 unspecified atom stereocenters. The van der Waals surface area contributed by atoms with Gasteiger partial charge in [-0.3, -0.25) is 24.1 Å². The minimum absolute atomic E-state index is 0.176. The summed E-state index contributed by atoms with van der Waals surface area (Å²) in [7, 11) is 1.14. The predicted octanol–water partition coefficient (Wildman–Crippen LogP) is -0.902. The normalized spacial score (nSPS) is 21.5. The van der Waals surface area contributed by atoms with Crippen LogP contribution in [0.15, 0.2) is 16.4 Å². The second-order valence-corrected chi connectivity index (χ2v) is 6.95. The number of carboxylic acids is 1. The van der Waals surface area contributed by atoms with Gasteiger partial charge < -0.3 is 20.0 Å². The fraction of sp³-hybridized carbons (Fsp3) is 0.467. The molecule has 0 aliphatic carbocycles. The van der Waals surface area contributed by atoms with E-state index in [2.05, 4.69) is 15.3 Å². The number of thioether (sulfide) groups is 1. The summed E-state index contributed by atoms with van der Waals surface area (Å²) in [5, 5.41) is 14.4. The van der Waals surface area contributed by atoms with Gasteiger partial charge in [0.05, 0.1) is 5.88 Å². The lowest BCUT2D eigenvalue weighted by molar-refractivity contribution is -0.150. The SMILES string of the molecule is CON=C(C(=O)CCl)C(=O)NC1C(=O)N2C(C(=O)O)=C(COC(C)=O)CS[C@@H]12. The number of β-lactam (4-membered cyclic amide) rings is 1. The smallest absolute Gasteiger partial charge is 0.352 e. The van der Waals surface area contributed by atoms with Gasteiger partial charge in [-0.15, -0.1) is 23.4 Å². The lowest BCUT2D eigenvalue weighted by Gasteiger charge is -2.49. The van der Waals surface area contributed by atoms with Gasteiger partial charge in [-0.05, 0) is 0 Å². The number of carboxylic acid groups (broad SMARTS) is 1. The van der Waals surface area contributed by atoms with E-state index in [-0.39, 0.29) is 23.6 Å². The highest BCUT2D eigenvalue weighted by Gasteiger charge is 2.54. The third-order valence-electron chi connectivity index (χ3n) is 3.77. The number of amides is 2. The maximum absolute atomic E-state index is 12.5. The van der Waals surface area contributed by atoms with E-state index in [9.17, 15) is 29.1 Å². The molecular weight excluding hydrogens is 418 g/mol. The second kappa shape index (κ2) is 9.06. The maximum atomic E-state index is 12.5. The molecule has 152 valence electrons. The molecule has 1 saturated heterocycles. The van der Waals surface area contributed by atoms with Crippen molar-refractivity contribution in [3.63, 3.8) is 0 Å². The van der Waals surface area contributed by atoms with Crippen LogP contribution in [0.25, 0.3) is 0 Å². The summed E-state index contributed by atoms with van der Waals surface area (Å²) in [6.45, 7) is 0.924. The van der Waals surface area contributed by atoms with E-state index in [1.807, 2.05) is 0 Å². The number of nitrogens with one attached hydrogen (secondary N) is 1. The van der Waals surface area contributed by atoms with Crippen LogP contribution in [0.2, 0.25) is 0 Å². The fourth-order valence-corrected chi connectivity index (χ4v) is 4.02. The minimum atomic E-state index is -1.36. The number of esters is 1. The molecule has 2 heterocycles. The van der Waals surface area contributed by atoms with Crippen LogP contribution < -0.4 is 5.32 Å². The molecular formula is C15H16ClN3O8S. The molecule has 2 atom stereocenters. The van der Waals surface area contributed by atoms with Crippen LogP contribution in [0, 0.1) is 0 Å². The van der Waals surface area contributed by atoms with E-state index in [4.69, 9.17) is 16.3 Å².